The van der Waals surface area contributed by atoms with Gasteiger partial charge in [0.15, 0.2) is 0 Å². The first-order valence-electron chi connectivity index (χ1n) is 4.01. The van der Waals surface area contributed by atoms with Crippen LogP contribution in [0.25, 0.3) is 0 Å². The Morgan fingerprint density at radius 3 is 2.67 bits per heavy atom. The van der Waals surface area contributed by atoms with Crippen LogP contribution in [-0.4, -0.2) is 11.5 Å². The van der Waals surface area contributed by atoms with Crippen molar-refractivity contribution in [3.8, 4) is 0 Å². The SMILES string of the molecule is C=C(Br)CNc1cccc(C(F)(F)F)n1. The molecule has 1 aromatic rings. The zero-order valence-electron chi connectivity index (χ0n) is 7.61. The maximum Gasteiger partial charge on any atom is 0.433 e. The molecule has 0 aliphatic rings. The molecule has 1 rings (SSSR count). The molecule has 0 spiro atoms. The van der Waals surface area contributed by atoms with E-state index in [9.17, 15) is 13.2 Å². The lowest BCUT2D eigenvalue weighted by atomic mass is 10.3. The summed E-state index contributed by atoms with van der Waals surface area (Å²) < 4.78 is 37.4. The topological polar surface area (TPSA) is 24.9 Å². The van der Waals surface area contributed by atoms with Crippen LogP contribution in [0.5, 0.6) is 0 Å². The van der Waals surface area contributed by atoms with E-state index >= 15 is 0 Å². The van der Waals surface area contributed by atoms with Gasteiger partial charge in [0.05, 0.1) is 0 Å². The molecule has 1 heterocycles. The number of anilines is 1. The minimum absolute atomic E-state index is 0.172. The standard InChI is InChI=1S/C9H8BrF3N2/c1-6(10)5-14-8-4-2-3-7(15-8)9(11,12)13/h2-4H,1,5H2,(H,14,15). The van der Waals surface area contributed by atoms with Gasteiger partial charge >= 0.3 is 6.18 Å². The molecule has 0 aromatic carbocycles. The Labute approximate surface area is 93.3 Å². The molecule has 0 saturated carbocycles. The smallest absolute Gasteiger partial charge is 0.365 e. The molecule has 15 heavy (non-hydrogen) atoms. The molecule has 1 aromatic heterocycles. The predicted octanol–water partition coefficient (Wildman–Crippen LogP) is 3.42. The van der Waals surface area contributed by atoms with E-state index in [4.69, 9.17) is 0 Å². The minimum Gasteiger partial charge on any atom is -0.365 e. The Bertz CT molecular complexity index is 363. The summed E-state index contributed by atoms with van der Waals surface area (Å²) >= 11 is 3.08. The summed E-state index contributed by atoms with van der Waals surface area (Å²) in [4.78, 5) is 3.42. The zero-order valence-corrected chi connectivity index (χ0v) is 9.19. The fraction of sp³-hybridized carbons (Fsp3) is 0.222. The van der Waals surface area contributed by atoms with Crippen molar-refractivity contribution in [2.75, 3.05) is 11.9 Å². The highest BCUT2D eigenvalue weighted by Gasteiger charge is 2.32. The van der Waals surface area contributed by atoms with Crippen molar-refractivity contribution in [1.29, 1.82) is 0 Å². The summed E-state index contributed by atoms with van der Waals surface area (Å²) in [5.74, 6) is 0.172. The third-order valence-electron chi connectivity index (χ3n) is 1.50. The van der Waals surface area contributed by atoms with Crippen LogP contribution in [0, 0.1) is 0 Å². The third kappa shape index (κ3) is 3.91. The van der Waals surface area contributed by atoms with Gasteiger partial charge in [0.25, 0.3) is 0 Å². The lowest BCUT2D eigenvalue weighted by molar-refractivity contribution is -0.141. The maximum absolute atomic E-state index is 12.2. The molecule has 0 saturated heterocycles. The van der Waals surface area contributed by atoms with E-state index < -0.39 is 11.9 Å². The summed E-state index contributed by atoms with van der Waals surface area (Å²) in [6.07, 6.45) is -4.41. The average Bonchev–Trinajstić information content (AvgIpc) is 2.14. The zero-order chi connectivity index (χ0) is 11.5. The van der Waals surface area contributed by atoms with Crippen molar-refractivity contribution >= 4 is 21.7 Å². The van der Waals surface area contributed by atoms with Crippen molar-refractivity contribution < 1.29 is 13.2 Å². The van der Waals surface area contributed by atoms with Crippen molar-refractivity contribution in [3.05, 3.63) is 35.0 Å². The summed E-state index contributed by atoms with van der Waals surface area (Å²) in [6, 6.07) is 3.69. The highest BCUT2D eigenvalue weighted by Crippen LogP contribution is 2.28. The molecule has 6 heteroatoms. The highest BCUT2D eigenvalue weighted by molar-refractivity contribution is 9.11. The summed E-state index contributed by atoms with van der Waals surface area (Å²) in [5.41, 5.74) is -0.910. The maximum atomic E-state index is 12.2. The van der Waals surface area contributed by atoms with E-state index in [0.29, 0.717) is 11.0 Å². The highest BCUT2D eigenvalue weighted by atomic mass is 79.9. The molecular formula is C9H8BrF3N2. The van der Waals surface area contributed by atoms with Gasteiger partial charge in [-0.05, 0) is 12.1 Å². The van der Waals surface area contributed by atoms with E-state index in [1.165, 1.54) is 12.1 Å². The molecule has 2 nitrogen and oxygen atoms in total. The average molecular weight is 281 g/mol. The van der Waals surface area contributed by atoms with Crippen LogP contribution in [0.2, 0.25) is 0 Å². The van der Waals surface area contributed by atoms with E-state index in [-0.39, 0.29) is 5.82 Å². The molecule has 0 unspecified atom stereocenters. The van der Waals surface area contributed by atoms with Crippen molar-refractivity contribution in [3.63, 3.8) is 0 Å². The van der Waals surface area contributed by atoms with Crippen LogP contribution >= 0.6 is 15.9 Å². The summed E-state index contributed by atoms with van der Waals surface area (Å²) in [5, 5.41) is 2.70. The second-order valence-electron chi connectivity index (χ2n) is 2.78. The summed E-state index contributed by atoms with van der Waals surface area (Å²) in [7, 11) is 0. The Morgan fingerprint density at radius 1 is 1.47 bits per heavy atom. The van der Waals surface area contributed by atoms with Crippen LogP contribution in [0.4, 0.5) is 19.0 Å². The molecule has 0 aliphatic heterocycles. The Morgan fingerprint density at radius 2 is 2.13 bits per heavy atom. The first-order valence-corrected chi connectivity index (χ1v) is 4.80. The van der Waals surface area contributed by atoms with Crippen LogP contribution in [0.1, 0.15) is 5.69 Å². The molecule has 0 aliphatic carbocycles. The quantitative estimate of drug-likeness (QED) is 0.918. The fourth-order valence-electron chi connectivity index (χ4n) is 0.878. The second-order valence-corrected chi connectivity index (χ2v) is 3.90. The Hall–Kier alpha value is -1.04. The van der Waals surface area contributed by atoms with E-state index in [1.807, 2.05) is 0 Å². The van der Waals surface area contributed by atoms with Crippen molar-refractivity contribution in [2.24, 2.45) is 0 Å². The number of nitrogens with one attached hydrogen (secondary N) is 1. The van der Waals surface area contributed by atoms with Crippen LogP contribution in [0.3, 0.4) is 0 Å². The number of rotatable bonds is 3. The van der Waals surface area contributed by atoms with Crippen LogP contribution in [0.15, 0.2) is 29.3 Å². The van der Waals surface area contributed by atoms with Gasteiger partial charge in [-0.3, -0.25) is 0 Å². The molecular weight excluding hydrogens is 273 g/mol. The van der Waals surface area contributed by atoms with Gasteiger partial charge in [-0.1, -0.05) is 28.6 Å². The van der Waals surface area contributed by atoms with Gasteiger partial charge in [-0.25, -0.2) is 4.98 Å². The van der Waals surface area contributed by atoms with E-state index in [2.05, 4.69) is 32.8 Å². The number of aromatic nitrogens is 1. The second kappa shape index (κ2) is 4.65. The first-order chi connectivity index (χ1) is 6.89. The fourth-order valence-corrected chi connectivity index (χ4v) is 1.02. The van der Waals surface area contributed by atoms with Crippen LogP contribution in [-0.2, 0) is 6.18 Å². The minimum atomic E-state index is -4.41. The normalized spacial score (nSPS) is 11.2. The molecule has 1 N–H and O–H groups in total. The lowest BCUT2D eigenvalue weighted by Crippen LogP contribution is -2.10. The predicted molar refractivity (Wildman–Crippen MR) is 55.8 cm³/mol. The summed E-state index contributed by atoms with van der Waals surface area (Å²) in [6.45, 7) is 3.87. The van der Waals surface area contributed by atoms with E-state index in [0.717, 1.165) is 6.07 Å². The third-order valence-corrected chi connectivity index (χ3v) is 1.78. The number of hydrogen-bond acceptors (Lipinski definition) is 2. The number of alkyl halides is 3. The van der Waals surface area contributed by atoms with Gasteiger partial charge in [-0.2, -0.15) is 13.2 Å². The number of nitrogens with zero attached hydrogens (tertiary/aromatic N) is 1. The molecule has 0 amide bonds. The van der Waals surface area contributed by atoms with Crippen molar-refractivity contribution in [1.82, 2.24) is 4.98 Å². The molecule has 0 radical (unpaired) electrons. The monoisotopic (exact) mass is 280 g/mol. The lowest BCUT2D eigenvalue weighted by Gasteiger charge is -2.08. The number of halogens is 4. The Kier molecular flexibility index (Phi) is 3.73. The molecule has 0 fully saturated rings. The van der Waals surface area contributed by atoms with Gasteiger partial charge in [-0.15, -0.1) is 0 Å². The number of hydrogen-bond donors (Lipinski definition) is 1. The van der Waals surface area contributed by atoms with Crippen LogP contribution < -0.4 is 5.32 Å². The van der Waals surface area contributed by atoms with Gasteiger partial charge in [0.2, 0.25) is 0 Å². The number of pyridine rings is 1. The van der Waals surface area contributed by atoms with Gasteiger partial charge in [0.1, 0.15) is 11.5 Å². The largest absolute Gasteiger partial charge is 0.433 e. The molecule has 82 valence electrons. The van der Waals surface area contributed by atoms with Gasteiger partial charge < -0.3 is 5.32 Å². The van der Waals surface area contributed by atoms with E-state index in [1.54, 1.807) is 0 Å². The first kappa shape index (κ1) is 12.0. The van der Waals surface area contributed by atoms with Crippen molar-refractivity contribution in [2.45, 2.75) is 6.18 Å². The molecule has 0 atom stereocenters. The molecule has 0 bridgehead atoms. The van der Waals surface area contributed by atoms with Gasteiger partial charge in [0, 0.05) is 11.0 Å². The Balaban J connectivity index is 2.79.